The first-order chi connectivity index (χ1) is 6.49. The molecule has 1 aromatic carbocycles. The van der Waals surface area contributed by atoms with Crippen molar-refractivity contribution in [3.63, 3.8) is 0 Å². The number of rotatable bonds is 2. The van der Waals surface area contributed by atoms with Gasteiger partial charge >= 0.3 is 5.97 Å². The molecule has 0 atom stereocenters. The number of aromatic hydroxyl groups is 1. The average Bonchev–Trinajstić information content (AvgIpc) is 2.12. The van der Waals surface area contributed by atoms with Gasteiger partial charge in [-0.05, 0) is 34.5 Å². The maximum Gasteiger partial charge on any atom is 0.343 e. The molecule has 1 rings (SSSR count). The molecule has 6 heteroatoms. The Morgan fingerprint density at radius 3 is 2.64 bits per heavy atom. The van der Waals surface area contributed by atoms with Crippen molar-refractivity contribution in [3.05, 3.63) is 21.7 Å². The van der Waals surface area contributed by atoms with Crippen LogP contribution in [0.15, 0.2) is 10.5 Å². The molecule has 4 nitrogen and oxygen atoms in total. The first kappa shape index (κ1) is 11.1. The van der Waals surface area contributed by atoms with Gasteiger partial charge in [0.25, 0.3) is 0 Å². The van der Waals surface area contributed by atoms with E-state index >= 15 is 0 Å². The molecule has 0 spiro atoms. The van der Waals surface area contributed by atoms with Crippen LogP contribution in [-0.4, -0.2) is 16.2 Å². The highest BCUT2D eigenvalue weighted by atomic mass is 79.9. The van der Waals surface area contributed by atoms with E-state index in [2.05, 4.69) is 20.2 Å². The summed E-state index contributed by atoms with van der Waals surface area (Å²) in [6, 6.07) is 1.42. The number of aromatic carboxylic acids is 1. The number of aryl methyl sites for hydroxylation is 1. The van der Waals surface area contributed by atoms with E-state index in [1.54, 1.807) is 6.92 Å². The standard InChI is InChI=1S/C8H6BrClO4/c1-3-2-4(14-10)5(8(12)13)7(11)6(3)9/h2,11H,1H3,(H,12,13). The molecule has 0 fully saturated rings. The molecule has 0 unspecified atom stereocenters. The summed E-state index contributed by atoms with van der Waals surface area (Å²) in [4.78, 5) is 10.7. The van der Waals surface area contributed by atoms with Crippen molar-refractivity contribution in [1.82, 2.24) is 0 Å². The van der Waals surface area contributed by atoms with Crippen LogP contribution >= 0.6 is 27.8 Å². The Kier molecular flexibility index (Phi) is 3.23. The Morgan fingerprint density at radius 2 is 2.21 bits per heavy atom. The van der Waals surface area contributed by atoms with Crippen LogP contribution in [0.4, 0.5) is 0 Å². The maximum absolute atomic E-state index is 10.7. The molecular formula is C8H6BrClO4. The summed E-state index contributed by atoms with van der Waals surface area (Å²) in [6.07, 6.45) is 0. The van der Waals surface area contributed by atoms with Gasteiger partial charge < -0.3 is 14.5 Å². The van der Waals surface area contributed by atoms with Crippen LogP contribution in [0.25, 0.3) is 0 Å². The second-order valence-corrected chi connectivity index (χ2v) is 3.56. The first-order valence-corrected chi connectivity index (χ1v) is 4.63. The Hall–Kier alpha value is -0.940. The zero-order chi connectivity index (χ0) is 10.9. The van der Waals surface area contributed by atoms with Crippen LogP contribution in [0.1, 0.15) is 15.9 Å². The van der Waals surface area contributed by atoms with Gasteiger partial charge in [-0.3, -0.25) is 0 Å². The van der Waals surface area contributed by atoms with Crippen LogP contribution in [0, 0.1) is 6.92 Å². The summed E-state index contributed by atoms with van der Waals surface area (Å²) in [5, 5.41) is 18.3. The van der Waals surface area contributed by atoms with Crippen molar-refractivity contribution in [2.45, 2.75) is 6.92 Å². The van der Waals surface area contributed by atoms with E-state index in [1.807, 2.05) is 0 Å². The summed E-state index contributed by atoms with van der Waals surface area (Å²) >= 11 is 8.13. The Bertz CT molecular complexity index is 391. The minimum atomic E-state index is -1.31. The highest BCUT2D eigenvalue weighted by Gasteiger charge is 2.21. The molecular weight excluding hydrogens is 275 g/mol. The lowest BCUT2D eigenvalue weighted by Crippen LogP contribution is -2.00. The zero-order valence-corrected chi connectivity index (χ0v) is 9.39. The van der Waals surface area contributed by atoms with E-state index in [4.69, 9.17) is 17.0 Å². The number of carbonyl (C=O) groups is 1. The van der Waals surface area contributed by atoms with Gasteiger partial charge in [-0.2, -0.15) is 0 Å². The fourth-order valence-corrected chi connectivity index (χ4v) is 1.45. The summed E-state index contributed by atoms with van der Waals surface area (Å²) in [6.45, 7) is 1.68. The van der Waals surface area contributed by atoms with Crippen LogP contribution in [0.3, 0.4) is 0 Å². The molecule has 0 heterocycles. The Labute approximate surface area is 93.4 Å². The molecule has 14 heavy (non-hydrogen) atoms. The summed E-state index contributed by atoms with van der Waals surface area (Å²) in [5.74, 6) is -1.79. The van der Waals surface area contributed by atoms with Gasteiger partial charge in [0.15, 0.2) is 5.75 Å². The third kappa shape index (κ3) is 1.78. The Morgan fingerprint density at radius 1 is 1.64 bits per heavy atom. The number of phenols is 1. The van der Waals surface area contributed by atoms with E-state index in [1.165, 1.54) is 6.07 Å². The van der Waals surface area contributed by atoms with Gasteiger partial charge in [0, 0.05) is 0 Å². The molecule has 0 aliphatic rings. The molecule has 0 amide bonds. The highest BCUT2D eigenvalue weighted by Crippen LogP contribution is 2.37. The van der Waals surface area contributed by atoms with Gasteiger partial charge in [0.05, 0.1) is 4.47 Å². The van der Waals surface area contributed by atoms with E-state index in [9.17, 15) is 9.90 Å². The second kappa shape index (κ2) is 4.06. The lowest BCUT2D eigenvalue weighted by molar-refractivity contribution is 0.0691. The largest absolute Gasteiger partial charge is 0.506 e. The summed E-state index contributed by atoms with van der Waals surface area (Å²) in [5.41, 5.74) is 0.264. The fraction of sp³-hybridized carbons (Fsp3) is 0.125. The average molecular weight is 281 g/mol. The van der Waals surface area contributed by atoms with Crippen LogP contribution in [0.2, 0.25) is 0 Å². The molecule has 0 aromatic heterocycles. The molecule has 0 aliphatic heterocycles. The third-order valence-corrected chi connectivity index (χ3v) is 2.85. The molecule has 0 saturated heterocycles. The maximum atomic E-state index is 10.7. The monoisotopic (exact) mass is 280 g/mol. The van der Waals surface area contributed by atoms with E-state index in [-0.39, 0.29) is 11.3 Å². The fourth-order valence-electron chi connectivity index (χ4n) is 1.01. The van der Waals surface area contributed by atoms with Gasteiger partial charge in [-0.15, -0.1) is 0 Å². The SMILES string of the molecule is Cc1cc(OCl)c(C(=O)O)c(O)c1Br. The van der Waals surface area contributed by atoms with E-state index in [0.717, 1.165) is 0 Å². The quantitative estimate of drug-likeness (QED) is 0.874. The smallest absolute Gasteiger partial charge is 0.343 e. The summed E-state index contributed by atoms with van der Waals surface area (Å²) in [7, 11) is 0. The lowest BCUT2D eigenvalue weighted by Gasteiger charge is -2.08. The molecule has 1 aromatic rings. The van der Waals surface area contributed by atoms with Crippen molar-refractivity contribution in [2.24, 2.45) is 0 Å². The number of hydrogen-bond acceptors (Lipinski definition) is 3. The van der Waals surface area contributed by atoms with Crippen LogP contribution < -0.4 is 4.29 Å². The topological polar surface area (TPSA) is 66.8 Å². The van der Waals surface area contributed by atoms with Gasteiger partial charge in [-0.25, -0.2) is 4.79 Å². The number of halogens is 2. The molecule has 0 aliphatic carbocycles. The van der Waals surface area contributed by atoms with Crippen LogP contribution in [-0.2, 0) is 0 Å². The van der Waals surface area contributed by atoms with Crippen molar-refractivity contribution >= 4 is 33.8 Å². The van der Waals surface area contributed by atoms with Gasteiger partial charge in [0.2, 0.25) is 0 Å². The second-order valence-electron chi connectivity index (χ2n) is 2.61. The summed E-state index contributed by atoms with van der Waals surface area (Å²) < 4.78 is 4.65. The minimum Gasteiger partial charge on any atom is -0.506 e. The van der Waals surface area contributed by atoms with E-state index in [0.29, 0.717) is 10.0 Å². The predicted molar refractivity (Wildman–Crippen MR) is 54.0 cm³/mol. The van der Waals surface area contributed by atoms with Crippen LogP contribution in [0.5, 0.6) is 11.5 Å². The zero-order valence-electron chi connectivity index (χ0n) is 7.04. The lowest BCUT2D eigenvalue weighted by atomic mass is 10.1. The normalized spacial score (nSPS) is 9.93. The molecule has 2 N–H and O–H groups in total. The third-order valence-electron chi connectivity index (χ3n) is 1.68. The number of benzene rings is 1. The number of carboxylic acid groups (broad SMARTS) is 1. The minimum absolute atomic E-state index is 0.0858. The molecule has 0 bridgehead atoms. The van der Waals surface area contributed by atoms with E-state index < -0.39 is 11.7 Å². The van der Waals surface area contributed by atoms with Crippen molar-refractivity contribution in [3.8, 4) is 11.5 Å². The molecule has 76 valence electrons. The highest BCUT2D eigenvalue weighted by molar-refractivity contribution is 9.10. The van der Waals surface area contributed by atoms with Crippen molar-refractivity contribution in [1.29, 1.82) is 0 Å². The predicted octanol–water partition coefficient (Wildman–Crippen LogP) is 2.69. The van der Waals surface area contributed by atoms with Crippen molar-refractivity contribution < 1.29 is 19.3 Å². The van der Waals surface area contributed by atoms with Crippen molar-refractivity contribution in [2.75, 3.05) is 0 Å². The number of hydrogen-bond donors (Lipinski definition) is 2. The first-order valence-electron chi connectivity index (χ1n) is 3.53. The molecule has 0 radical (unpaired) electrons. The number of carboxylic acids is 1. The van der Waals surface area contributed by atoms with Gasteiger partial charge in [-0.1, -0.05) is 0 Å². The Balaban J connectivity index is 3.53. The van der Waals surface area contributed by atoms with Gasteiger partial charge in [0.1, 0.15) is 23.2 Å². The molecule has 0 saturated carbocycles.